The van der Waals surface area contributed by atoms with E-state index in [2.05, 4.69) is 22.0 Å². The molecule has 4 aromatic rings. The number of halogens is 1. The van der Waals surface area contributed by atoms with Gasteiger partial charge in [0.15, 0.2) is 16.6 Å². The lowest BCUT2D eigenvalue weighted by molar-refractivity contribution is -0.122. The van der Waals surface area contributed by atoms with Gasteiger partial charge in [0.05, 0.1) is 17.9 Å². The van der Waals surface area contributed by atoms with Gasteiger partial charge in [-0.05, 0) is 56.7 Å². The Balaban J connectivity index is 1.36. The highest BCUT2D eigenvalue weighted by Gasteiger charge is 2.23. The lowest BCUT2D eigenvalue weighted by atomic mass is 10.2. The van der Waals surface area contributed by atoms with E-state index in [0.717, 1.165) is 72.0 Å². The van der Waals surface area contributed by atoms with Crippen LogP contribution in [0.4, 0.5) is 21.2 Å². The smallest absolute Gasteiger partial charge is 0.234 e. The molecule has 1 aliphatic heterocycles. The molecule has 0 bridgehead atoms. The van der Waals surface area contributed by atoms with E-state index in [1.165, 1.54) is 23.5 Å². The summed E-state index contributed by atoms with van der Waals surface area (Å²) in [7, 11) is 1.98. The minimum Gasteiger partial charge on any atom is -0.353 e. The summed E-state index contributed by atoms with van der Waals surface area (Å²) >= 11 is 1.53. The molecule has 11 heteroatoms. The topological polar surface area (TPSA) is 81.9 Å². The first-order chi connectivity index (χ1) is 18.3. The number of carbonyl (C=O) groups is 1. The summed E-state index contributed by atoms with van der Waals surface area (Å²) in [4.78, 5) is 28.3. The number of fused-ring (bicyclic) bond motifs is 1. The number of hydrogen-bond acceptors (Lipinski definition) is 8. The van der Waals surface area contributed by atoms with Crippen molar-refractivity contribution in [2.75, 3.05) is 49.6 Å². The average molecular weight is 537 g/mol. The Labute approximate surface area is 225 Å². The Morgan fingerprint density at radius 1 is 1.11 bits per heavy atom. The van der Waals surface area contributed by atoms with Crippen LogP contribution in [-0.2, 0) is 11.2 Å². The van der Waals surface area contributed by atoms with Gasteiger partial charge in [-0.3, -0.25) is 9.69 Å². The Morgan fingerprint density at radius 3 is 2.53 bits per heavy atom. The monoisotopic (exact) mass is 536 g/mol. The van der Waals surface area contributed by atoms with Crippen molar-refractivity contribution in [2.24, 2.45) is 0 Å². The van der Waals surface area contributed by atoms with Crippen LogP contribution in [0.15, 0.2) is 41.8 Å². The van der Waals surface area contributed by atoms with Crippen molar-refractivity contribution in [3.05, 3.63) is 53.3 Å². The van der Waals surface area contributed by atoms with E-state index in [9.17, 15) is 9.18 Å². The number of piperazine rings is 1. The predicted octanol–water partition coefficient (Wildman–Crippen LogP) is 3.97. The largest absolute Gasteiger partial charge is 0.353 e. The van der Waals surface area contributed by atoms with Gasteiger partial charge in [-0.1, -0.05) is 6.92 Å². The molecule has 9 nitrogen and oxygen atoms in total. The van der Waals surface area contributed by atoms with Crippen LogP contribution in [0.2, 0.25) is 0 Å². The third kappa shape index (κ3) is 5.48. The second-order valence-corrected chi connectivity index (χ2v) is 10.6. The van der Waals surface area contributed by atoms with Gasteiger partial charge in [-0.15, -0.1) is 16.4 Å². The zero-order valence-electron chi connectivity index (χ0n) is 22.2. The summed E-state index contributed by atoms with van der Waals surface area (Å²) in [5.41, 5.74) is 3.40. The second kappa shape index (κ2) is 11.0. The van der Waals surface area contributed by atoms with Crippen molar-refractivity contribution in [3.8, 4) is 11.3 Å². The lowest BCUT2D eigenvalue weighted by Gasteiger charge is -2.35. The molecule has 1 aliphatic rings. The zero-order valence-corrected chi connectivity index (χ0v) is 23.0. The average Bonchev–Trinajstić information content (AvgIpc) is 3.53. The van der Waals surface area contributed by atoms with Crippen LogP contribution < -0.4 is 15.1 Å². The number of amides is 1. The molecule has 4 heterocycles. The summed E-state index contributed by atoms with van der Waals surface area (Å²) in [6, 6.07) is 10.5. The van der Waals surface area contributed by atoms with E-state index in [1.54, 1.807) is 12.1 Å². The summed E-state index contributed by atoms with van der Waals surface area (Å²) in [6.07, 6.45) is 0.756. The standard InChI is InChI=1S/C27H33FN8OS/c1-5-21-26(33(4)27-31-22(17-38-27)19-6-8-20(28)9-7-19)36-23(30-21)10-11-24(32-36)35-14-12-34(13-15-35)16-25(37)29-18(2)3/h6-11,17-18H,5,12-16H2,1-4H3,(H,29,37). The van der Waals surface area contributed by atoms with Crippen molar-refractivity contribution in [1.29, 1.82) is 0 Å². The molecule has 38 heavy (non-hydrogen) atoms. The number of nitrogens with zero attached hydrogens (tertiary/aromatic N) is 7. The van der Waals surface area contributed by atoms with Crippen molar-refractivity contribution >= 4 is 39.7 Å². The summed E-state index contributed by atoms with van der Waals surface area (Å²) in [5, 5.41) is 10.7. The van der Waals surface area contributed by atoms with Gasteiger partial charge in [0.25, 0.3) is 0 Å². The molecule has 1 amide bonds. The number of benzene rings is 1. The van der Waals surface area contributed by atoms with E-state index in [-0.39, 0.29) is 17.8 Å². The molecule has 0 saturated carbocycles. The van der Waals surface area contributed by atoms with Gasteiger partial charge < -0.3 is 15.1 Å². The first-order valence-electron chi connectivity index (χ1n) is 12.9. The molecule has 0 atom stereocenters. The van der Waals surface area contributed by atoms with E-state index in [0.29, 0.717) is 6.54 Å². The molecule has 0 unspecified atom stereocenters. The molecule has 200 valence electrons. The number of anilines is 3. The van der Waals surface area contributed by atoms with Gasteiger partial charge >= 0.3 is 0 Å². The van der Waals surface area contributed by atoms with Crippen molar-refractivity contribution in [1.82, 2.24) is 29.8 Å². The number of aryl methyl sites for hydroxylation is 1. The number of imidazole rings is 1. The van der Waals surface area contributed by atoms with Gasteiger partial charge in [0, 0.05) is 50.2 Å². The lowest BCUT2D eigenvalue weighted by Crippen LogP contribution is -2.50. The Kier molecular flexibility index (Phi) is 7.57. The number of thiazole rings is 1. The Morgan fingerprint density at radius 2 is 1.84 bits per heavy atom. The number of nitrogens with one attached hydrogen (secondary N) is 1. The molecule has 1 saturated heterocycles. The van der Waals surface area contributed by atoms with Gasteiger partial charge in [-0.25, -0.2) is 14.4 Å². The van der Waals surface area contributed by atoms with E-state index >= 15 is 0 Å². The maximum absolute atomic E-state index is 13.4. The van der Waals surface area contributed by atoms with E-state index < -0.39 is 0 Å². The highest BCUT2D eigenvalue weighted by Crippen LogP contribution is 2.33. The van der Waals surface area contributed by atoms with Crippen LogP contribution in [0.3, 0.4) is 0 Å². The van der Waals surface area contributed by atoms with Crippen LogP contribution in [0.5, 0.6) is 0 Å². The maximum Gasteiger partial charge on any atom is 0.234 e. The fraction of sp³-hybridized carbons (Fsp3) is 0.407. The molecule has 1 fully saturated rings. The third-order valence-corrected chi connectivity index (χ3v) is 7.51. The van der Waals surface area contributed by atoms with E-state index in [1.807, 2.05) is 47.8 Å². The minimum atomic E-state index is -0.264. The third-order valence-electron chi connectivity index (χ3n) is 6.59. The summed E-state index contributed by atoms with van der Waals surface area (Å²) in [6.45, 7) is 9.64. The van der Waals surface area contributed by atoms with Crippen LogP contribution in [0, 0.1) is 5.82 Å². The van der Waals surface area contributed by atoms with Crippen molar-refractivity contribution in [2.45, 2.75) is 33.2 Å². The Hall–Kier alpha value is -3.57. The first kappa shape index (κ1) is 26.1. The van der Waals surface area contributed by atoms with Gasteiger partial charge in [0.1, 0.15) is 11.6 Å². The molecule has 0 aliphatic carbocycles. The fourth-order valence-electron chi connectivity index (χ4n) is 4.67. The molecule has 5 rings (SSSR count). The van der Waals surface area contributed by atoms with Crippen LogP contribution in [-0.4, -0.2) is 76.2 Å². The second-order valence-electron chi connectivity index (χ2n) is 9.76. The highest BCUT2D eigenvalue weighted by atomic mass is 32.1. The minimum absolute atomic E-state index is 0.0657. The van der Waals surface area contributed by atoms with Gasteiger partial charge in [-0.2, -0.15) is 4.52 Å². The molecule has 0 spiro atoms. The predicted molar refractivity (Wildman–Crippen MR) is 150 cm³/mol. The SMILES string of the molecule is CCc1nc2ccc(N3CCN(CC(=O)NC(C)C)CC3)nn2c1N(C)c1nc(-c2ccc(F)cc2)cs1. The number of aromatic nitrogens is 4. The number of hydrogen-bond donors (Lipinski definition) is 1. The number of rotatable bonds is 8. The summed E-state index contributed by atoms with van der Waals surface area (Å²) < 4.78 is 15.3. The van der Waals surface area contributed by atoms with Gasteiger partial charge in [0.2, 0.25) is 5.91 Å². The first-order valence-corrected chi connectivity index (χ1v) is 13.8. The Bertz CT molecular complexity index is 1410. The van der Waals surface area contributed by atoms with Crippen LogP contribution in [0.25, 0.3) is 16.9 Å². The molecular formula is C27H33FN8OS. The molecule has 0 radical (unpaired) electrons. The number of carbonyl (C=O) groups excluding carboxylic acids is 1. The zero-order chi connectivity index (χ0) is 26.8. The fourth-order valence-corrected chi connectivity index (χ4v) is 5.47. The normalized spacial score (nSPS) is 14.4. The van der Waals surface area contributed by atoms with Crippen molar-refractivity contribution in [3.63, 3.8) is 0 Å². The maximum atomic E-state index is 13.4. The van der Waals surface area contributed by atoms with E-state index in [4.69, 9.17) is 15.1 Å². The molecule has 3 aromatic heterocycles. The van der Waals surface area contributed by atoms with Crippen LogP contribution >= 0.6 is 11.3 Å². The molecule has 1 N–H and O–H groups in total. The molecular weight excluding hydrogens is 503 g/mol. The molecule has 1 aromatic carbocycles. The highest BCUT2D eigenvalue weighted by molar-refractivity contribution is 7.14. The van der Waals surface area contributed by atoms with Crippen molar-refractivity contribution < 1.29 is 9.18 Å². The van der Waals surface area contributed by atoms with Crippen LogP contribution in [0.1, 0.15) is 26.5 Å². The quantitative estimate of drug-likeness (QED) is 0.365. The summed E-state index contributed by atoms with van der Waals surface area (Å²) in [5.74, 6) is 1.56.